The summed E-state index contributed by atoms with van der Waals surface area (Å²) in [4.78, 5) is 28.2. The molecule has 0 aliphatic heterocycles. The molecular formula is C11H15ClN2O5. The van der Waals surface area contributed by atoms with Crippen molar-refractivity contribution in [2.45, 2.75) is 6.54 Å². The Morgan fingerprint density at radius 1 is 1.47 bits per heavy atom. The minimum absolute atomic E-state index is 0.0579. The lowest BCUT2D eigenvalue weighted by Crippen LogP contribution is -2.34. The van der Waals surface area contributed by atoms with Crippen LogP contribution in [0.15, 0.2) is 10.7 Å². The van der Waals surface area contributed by atoms with Crippen molar-refractivity contribution in [3.05, 3.63) is 17.8 Å². The van der Waals surface area contributed by atoms with Gasteiger partial charge in [-0.25, -0.2) is 9.78 Å². The first-order valence-electron chi connectivity index (χ1n) is 5.47. The zero-order chi connectivity index (χ0) is 14.3. The molecule has 19 heavy (non-hydrogen) atoms. The number of ether oxygens (including phenoxy) is 2. The van der Waals surface area contributed by atoms with E-state index in [1.54, 1.807) is 0 Å². The summed E-state index contributed by atoms with van der Waals surface area (Å²) >= 11 is 5.51. The number of rotatable bonds is 7. The Morgan fingerprint density at radius 3 is 2.79 bits per heavy atom. The van der Waals surface area contributed by atoms with E-state index < -0.39 is 5.97 Å². The fourth-order valence-electron chi connectivity index (χ4n) is 1.32. The Balaban J connectivity index is 2.70. The van der Waals surface area contributed by atoms with Crippen molar-refractivity contribution in [1.29, 1.82) is 0 Å². The van der Waals surface area contributed by atoms with E-state index in [1.165, 1.54) is 25.4 Å². The average molecular weight is 291 g/mol. The van der Waals surface area contributed by atoms with Gasteiger partial charge in [-0.05, 0) is 0 Å². The second-order valence-corrected chi connectivity index (χ2v) is 3.83. The monoisotopic (exact) mass is 290 g/mol. The molecule has 1 aromatic heterocycles. The van der Waals surface area contributed by atoms with Crippen LogP contribution in [0.5, 0.6) is 0 Å². The summed E-state index contributed by atoms with van der Waals surface area (Å²) in [7, 11) is 2.78. The maximum atomic E-state index is 11.6. The van der Waals surface area contributed by atoms with E-state index in [1.807, 2.05) is 0 Å². The van der Waals surface area contributed by atoms with Crippen molar-refractivity contribution in [1.82, 2.24) is 9.88 Å². The summed E-state index contributed by atoms with van der Waals surface area (Å²) in [5.41, 5.74) is 0.0579. The lowest BCUT2D eigenvalue weighted by atomic mass is 10.4. The lowest BCUT2D eigenvalue weighted by molar-refractivity contribution is -0.130. The number of amides is 1. The Morgan fingerprint density at radius 2 is 2.21 bits per heavy atom. The number of esters is 1. The van der Waals surface area contributed by atoms with Crippen LogP contribution in [-0.2, 0) is 20.8 Å². The van der Waals surface area contributed by atoms with E-state index in [4.69, 9.17) is 20.8 Å². The SMILES string of the molecule is COCCN(Cc1nc(C(=O)OC)co1)C(=O)CCl. The van der Waals surface area contributed by atoms with Crippen LogP contribution in [0.2, 0.25) is 0 Å². The number of nitrogens with zero attached hydrogens (tertiary/aromatic N) is 2. The first kappa shape index (κ1) is 15.5. The fourth-order valence-corrected chi connectivity index (χ4v) is 1.49. The minimum Gasteiger partial charge on any atom is -0.464 e. The molecule has 1 rings (SSSR count). The van der Waals surface area contributed by atoms with Gasteiger partial charge in [0.1, 0.15) is 12.1 Å². The minimum atomic E-state index is -0.595. The first-order valence-corrected chi connectivity index (χ1v) is 6.01. The van der Waals surface area contributed by atoms with Gasteiger partial charge in [-0.2, -0.15) is 0 Å². The Hall–Kier alpha value is -1.60. The topological polar surface area (TPSA) is 81.9 Å². The van der Waals surface area contributed by atoms with Gasteiger partial charge in [0.25, 0.3) is 0 Å². The summed E-state index contributed by atoms with van der Waals surface area (Å²) in [5.74, 6) is -0.775. The van der Waals surface area contributed by atoms with Crippen molar-refractivity contribution >= 4 is 23.5 Å². The third-order valence-electron chi connectivity index (χ3n) is 2.30. The van der Waals surface area contributed by atoms with E-state index in [0.717, 1.165) is 0 Å². The number of carbonyl (C=O) groups is 2. The average Bonchev–Trinajstić information content (AvgIpc) is 2.90. The Kier molecular flexibility index (Phi) is 6.31. The highest BCUT2D eigenvalue weighted by Gasteiger charge is 2.18. The van der Waals surface area contributed by atoms with Crippen LogP contribution in [0, 0.1) is 0 Å². The van der Waals surface area contributed by atoms with Crippen LogP contribution in [0.4, 0.5) is 0 Å². The number of methoxy groups -OCH3 is 2. The van der Waals surface area contributed by atoms with Crippen molar-refractivity contribution in [3.63, 3.8) is 0 Å². The van der Waals surface area contributed by atoms with Gasteiger partial charge in [-0.1, -0.05) is 0 Å². The van der Waals surface area contributed by atoms with Crippen LogP contribution in [-0.4, -0.2) is 55.0 Å². The molecule has 0 bridgehead atoms. The molecule has 1 heterocycles. The number of halogens is 1. The highest BCUT2D eigenvalue weighted by molar-refractivity contribution is 6.27. The van der Waals surface area contributed by atoms with E-state index in [2.05, 4.69) is 9.72 Å². The molecule has 0 atom stereocenters. The lowest BCUT2D eigenvalue weighted by Gasteiger charge is -2.19. The molecule has 0 aliphatic rings. The Labute approximate surface area is 115 Å². The van der Waals surface area contributed by atoms with Crippen LogP contribution < -0.4 is 0 Å². The highest BCUT2D eigenvalue weighted by Crippen LogP contribution is 2.07. The van der Waals surface area contributed by atoms with E-state index in [9.17, 15) is 9.59 Å². The number of hydrogen-bond acceptors (Lipinski definition) is 6. The summed E-state index contributed by atoms with van der Waals surface area (Å²) in [6.07, 6.45) is 1.18. The molecule has 1 amide bonds. The molecule has 0 radical (unpaired) electrons. The molecule has 0 spiro atoms. The van der Waals surface area contributed by atoms with Gasteiger partial charge in [-0.15, -0.1) is 11.6 Å². The van der Waals surface area contributed by atoms with Gasteiger partial charge in [0.15, 0.2) is 5.69 Å². The van der Waals surface area contributed by atoms with Crippen LogP contribution in [0.1, 0.15) is 16.4 Å². The van der Waals surface area contributed by atoms with Gasteiger partial charge < -0.3 is 18.8 Å². The number of carbonyl (C=O) groups excluding carboxylic acids is 2. The van der Waals surface area contributed by atoms with Crippen molar-refractivity contribution in [2.24, 2.45) is 0 Å². The van der Waals surface area contributed by atoms with Crippen molar-refractivity contribution in [3.8, 4) is 0 Å². The van der Waals surface area contributed by atoms with E-state index in [0.29, 0.717) is 13.2 Å². The summed E-state index contributed by atoms with van der Waals surface area (Å²) in [5, 5.41) is 0. The van der Waals surface area contributed by atoms with Gasteiger partial charge in [0.2, 0.25) is 11.8 Å². The summed E-state index contributed by atoms with van der Waals surface area (Å²) in [6, 6.07) is 0. The van der Waals surface area contributed by atoms with Gasteiger partial charge >= 0.3 is 5.97 Å². The van der Waals surface area contributed by atoms with Gasteiger partial charge in [0.05, 0.1) is 20.3 Å². The third kappa shape index (κ3) is 4.53. The van der Waals surface area contributed by atoms with Crippen LogP contribution in [0.3, 0.4) is 0 Å². The Bertz CT molecular complexity index is 434. The summed E-state index contributed by atoms with van der Waals surface area (Å²) in [6.45, 7) is 0.844. The van der Waals surface area contributed by atoms with Gasteiger partial charge in [-0.3, -0.25) is 4.79 Å². The molecule has 8 heteroatoms. The van der Waals surface area contributed by atoms with E-state index in [-0.39, 0.29) is 29.9 Å². The predicted octanol–water partition coefficient (Wildman–Crippen LogP) is 0.675. The molecule has 0 fully saturated rings. The molecular weight excluding hydrogens is 276 g/mol. The molecule has 0 N–H and O–H groups in total. The largest absolute Gasteiger partial charge is 0.464 e. The second kappa shape index (κ2) is 7.75. The maximum absolute atomic E-state index is 11.6. The number of aromatic nitrogens is 1. The van der Waals surface area contributed by atoms with E-state index >= 15 is 0 Å². The fraction of sp³-hybridized carbons (Fsp3) is 0.545. The molecule has 0 aromatic carbocycles. The quantitative estimate of drug-likeness (QED) is 0.542. The molecule has 7 nitrogen and oxygen atoms in total. The van der Waals surface area contributed by atoms with Crippen LogP contribution >= 0.6 is 11.6 Å². The second-order valence-electron chi connectivity index (χ2n) is 3.56. The predicted molar refractivity (Wildman–Crippen MR) is 65.9 cm³/mol. The number of alkyl halides is 1. The molecule has 0 saturated heterocycles. The number of oxazole rings is 1. The highest BCUT2D eigenvalue weighted by atomic mass is 35.5. The molecule has 106 valence electrons. The zero-order valence-electron chi connectivity index (χ0n) is 10.7. The molecule has 0 unspecified atom stereocenters. The van der Waals surface area contributed by atoms with Gasteiger partial charge in [0, 0.05) is 13.7 Å². The van der Waals surface area contributed by atoms with Crippen molar-refractivity contribution < 1.29 is 23.5 Å². The zero-order valence-corrected chi connectivity index (χ0v) is 11.5. The van der Waals surface area contributed by atoms with Crippen molar-refractivity contribution in [2.75, 3.05) is 33.3 Å². The standard InChI is InChI=1S/C11H15ClN2O5/c1-17-4-3-14(10(15)5-12)6-9-13-8(7-19-9)11(16)18-2/h7H,3-6H2,1-2H3. The normalized spacial score (nSPS) is 10.3. The maximum Gasteiger partial charge on any atom is 0.360 e. The summed E-state index contributed by atoms with van der Waals surface area (Å²) < 4.78 is 14.5. The molecule has 0 saturated carbocycles. The van der Waals surface area contributed by atoms with Crippen LogP contribution in [0.25, 0.3) is 0 Å². The molecule has 1 aromatic rings. The first-order chi connectivity index (χ1) is 9.12. The number of hydrogen-bond donors (Lipinski definition) is 0. The third-order valence-corrected chi connectivity index (χ3v) is 2.53. The molecule has 0 aliphatic carbocycles. The smallest absolute Gasteiger partial charge is 0.360 e.